The molecule has 0 bridgehead atoms. The van der Waals surface area contributed by atoms with Crippen molar-refractivity contribution >= 4 is 15.9 Å². The highest BCUT2D eigenvalue weighted by Gasteiger charge is 2.34. The lowest BCUT2D eigenvalue weighted by atomic mass is 9.96. The predicted octanol–water partition coefficient (Wildman–Crippen LogP) is 2.61. The van der Waals surface area contributed by atoms with Crippen LogP contribution in [0.25, 0.3) is 0 Å². The van der Waals surface area contributed by atoms with Gasteiger partial charge in [0.25, 0.3) is 0 Å². The number of hydrogen-bond acceptors (Lipinski definition) is 3. The molecule has 1 aromatic rings. The SMILES string of the molecule is CN1CCN(C(CN)c2ccc(F)cc2Br)CC1(C)C. The lowest BCUT2D eigenvalue weighted by molar-refractivity contribution is 0.0178. The van der Waals surface area contributed by atoms with Crippen LogP contribution in [0.4, 0.5) is 4.39 Å². The van der Waals surface area contributed by atoms with Gasteiger partial charge in [0.05, 0.1) is 0 Å². The maximum atomic E-state index is 13.2. The summed E-state index contributed by atoms with van der Waals surface area (Å²) in [6.07, 6.45) is 0. The molecule has 1 aliphatic rings. The Morgan fingerprint density at radius 3 is 2.65 bits per heavy atom. The molecule has 1 aromatic carbocycles. The van der Waals surface area contributed by atoms with E-state index in [1.807, 2.05) is 6.07 Å². The number of piperazine rings is 1. The number of likely N-dealkylation sites (N-methyl/N-ethyl adjacent to an activating group) is 1. The molecule has 112 valence electrons. The Balaban J connectivity index is 2.24. The molecule has 2 N–H and O–H groups in total. The molecule has 0 aromatic heterocycles. The van der Waals surface area contributed by atoms with Crippen LogP contribution in [0.5, 0.6) is 0 Å². The lowest BCUT2D eigenvalue weighted by Crippen LogP contribution is -2.58. The van der Waals surface area contributed by atoms with E-state index in [4.69, 9.17) is 5.73 Å². The summed E-state index contributed by atoms with van der Waals surface area (Å²) in [5.74, 6) is -0.227. The minimum atomic E-state index is -0.227. The molecule has 2 rings (SSSR count). The van der Waals surface area contributed by atoms with Crippen molar-refractivity contribution in [3.8, 4) is 0 Å². The van der Waals surface area contributed by atoms with Crippen molar-refractivity contribution in [2.24, 2.45) is 5.73 Å². The van der Waals surface area contributed by atoms with E-state index in [0.29, 0.717) is 6.54 Å². The number of hydrogen-bond donors (Lipinski definition) is 1. The van der Waals surface area contributed by atoms with E-state index in [1.54, 1.807) is 0 Å². The summed E-state index contributed by atoms with van der Waals surface area (Å²) in [4.78, 5) is 4.77. The Kier molecular flexibility index (Phi) is 4.84. The maximum Gasteiger partial charge on any atom is 0.124 e. The summed E-state index contributed by atoms with van der Waals surface area (Å²) in [5, 5.41) is 0. The first-order valence-electron chi connectivity index (χ1n) is 6.95. The average Bonchev–Trinajstić information content (AvgIpc) is 2.36. The third-order valence-corrected chi connectivity index (χ3v) is 5.02. The number of halogens is 2. The van der Waals surface area contributed by atoms with Crippen molar-refractivity contribution in [1.29, 1.82) is 0 Å². The van der Waals surface area contributed by atoms with Gasteiger partial charge in [0, 0.05) is 42.2 Å². The van der Waals surface area contributed by atoms with Crippen molar-refractivity contribution in [2.75, 3.05) is 33.2 Å². The molecule has 0 aliphatic carbocycles. The zero-order chi connectivity index (χ0) is 14.9. The van der Waals surface area contributed by atoms with E-state index in [9.17, 15) is 4.39 Å². The normalized spacial score (nSPS) is 21.9. The molecular formula is C15H23BrFN3. The van der Waals surface area contributed by atoms with Gasteiger partial charge in [0.1, 0.15) is 5.82 Å². The Bertz CT molecular complexity index is 478. The fourth-order valence-electron chi connectivity index (χ4n) is 2.79. The molecule has 0 spiro atoms. The largest absolute Gasteiger partial charge is 0.329 e. The van der Waals surface area contributed by atoms with Crippen molar-refractivity contribution in [1.82, 2.24) is 9.80 Å². The van der Waals surface area contributed by atoms with Crippen LogP contribution in [0, 0.1) is 5.82 Å². The number of rotatable bonds is 3. The molecule has 5 heteroatoms. The topological polar surface area (TPSA) is 32.5 Å². The highest BCUT2D eigenvalue weighted by atomic mass is 79.9. The van der Waals surface area contributed by atoms with Gasteiger partial charge in [-0.05, 0) is 38.6 Å². The lowest BCUT2D eigenvalue weighted by Gasteiger charge is -2.48. The molecule has 0 amide bonds. The smallest absolute Gasteiger partial charge is 0.124 e. The molecule has 0 saturated carbocycles. The molecule has 3 nitrogen and oxygen atoms in total. The van der Waals surface area contributed by atoms with Gasteiger partial charge in [0.15, 0.2) is 0 Å². The fourth-order valence-corrected chi connectivity index (χ4v) is 3.40. The summed E-state index contributed by atoms with van der Waals surface area (Å²) in [7, 11) is 2.16. The van der Waals surface area contributed by atoms with Gasteiger partial charge in [0.2, 0.25) is 0 Å². The van der Waals surface area contributed by atoms with E-state index in [-0.39, 0.29) is 17.4 Å². The first kappa shape index (κ1) is 15.9. The van der Waals surface area contributed by atoms with Crippen LogP contribution in [0.3, 0.4) is 0 Å². The van der Waals surface area contributed by atoms with E-state index in [1.165, 1.54) is 12.1 Å². The van der Waals surface area contributed by atoms with Gasteiger partial charge in [-0.2, -0.15) is 0 Å². The molecule has 1 atom stereocenters. The average molecular weight is 344 g/mol. The van der Waals surface area contributed by atoms with Crippen molar-refractivity contribution in [3.05, 3.63) is 34.1 Å². The molecule has 1 heterocycles. The van der Waals surface area contributed by atoms with Crippen molar-refractivity contribution in [2.45, 2.75) is 25.4 Å². The second kappa shape index (κ2) is 6.10. The van der Waals surface area contributed by atoms with Gasteiger partial charge in [-0.25, -0.2) is 4.39 Å². The van der Waals surface area contributed by atoms with Gasteiger partial charge >= 0.3 is 0 Å². The van der Waals surface area contributed by atoms with E-state index in [0.717, 1.165) is 29.7 Å². The predicted molar refractivity (Wildman–Crippen MR) is 84.2 cm³/mol. The first-order chi connectivity index (χ1) is 9.35. The van der Waals surface area contributed by atoms with E-state index >= 15 is 0 Å². The number of nitrogens with zero attached hydrogens (tertiary/aromatic N) is 2. The van der Waals surface area contributed by atoms with Crippen LogP contribution in [-0.4, -0.2) is 48.6 Å². The molecule has 1 saturated heterocycles. The van der Waals surface area contributed by atoms with Crippen LogP contribution in [0.2, 0.25) is 0 Å². The van der Waals surface area contributed by atoms with Crippen LogP contribution in [0.1, 0.15) is 25.5 Å². The molecule has 1 aliphatic heterocycles. The summed E-state index contributed by atoms with van der Waals surface area (Å²) in [5.41, 5.74) is 7.18. The Labute approximate surface area is 129 Å². The summed E-state index contributed by atoms with van der Waals surface area (Å²) < 4.78 is 14.0. The second-order valence-corrected chi connectivity index (χ2v) is 6.98. The summed E-state index contributed by atoms with van der Waals surface area (Å²) >= 11 is 3.46. The van der Waals surface area contributed by atoms with Gasteiger partial charge in [-0.15, -0.1) is 0 Å². The molecule has 1 fully saturated rings. The van der Waals surface area contributed by atoms with Gasteiger partial charge in [-0.3, -0.25) is 9.80 Å². The molecular weight excluding hydrogens is 321 g/mol. The fraction of sp³-hybridized carbons (Fsp3) is 0.600. The highest BCUT2D eigenvalue weighted by Crippen LogP contribution is 2.31. The van der Waals surface area contributed by atoms with Crippen LogP contribution in [0.15, 0.2) is 22.7 Å². The summed E-state index contributed by atoms with van der Waals surface area (Å²) in [6, 6.07) is 4.98. The zero-order valence-electron chi connectivity index (χ0n) is 12.4. The minimum Gasteiger partial charge on any atom is -0.329 e. The first-order valence-corrected chi connectivity index (χ1v) is 7.75. The standard InChI is InChI=1S/C15H23BrFN3/c1-15(2)10-20(7-6-19(15)3)14(9-18)12-5-4-11(17)8-13(12)16/h4-5,8,14H,6-7,9-10,18H2,1-3H3. The van der Waals surface area contributed by atoms with Crippen molar-refractivity contribution < 1.29 is 4.39 Å². The molecule has 20 heavy (non-hydrogen) atoms. The van der Waals surface area contributed by atoms with E-state index in [2.05, 4.69) is 46.6 Å². The van der Waals surface area contributed by atoms with Crippen molar-refractivity contribution in [3.63, 3.8) is 0 Å². The Morgan fingerprint density at radius 1 is 1.40 bits per heavy atom. The van der Waals surface area contributed by atoms with Crippen LogP contribution in [-0.2, 0) is 0 Å². The quantitative estimate of drug-likeness (QED) is 0.915. The Hall–Kier alpha value is -0.490. The van der Waals surface area contributed by atoms with Gasteiger partial charge in [-0.1, -0.05) is 22.0 Å². The van der Waals surface area contributed by atoms with Crippen LogP contribution < -0.4 is 5.73 Å². The molecule has 0 radical (unpaired) electrons. The third kappa shape index (κ3) is 3.22. The maximum absolute atomic E-state index is 13.2. The third-order valence-electron chi connectivity index (χ3n) is 4.33. The number of benzene rings is 1. The monoisotopic (exact) mass is 343 g/mol. The minimum absolute atomic E-state index is 0.123. The number of nitrogens with two attached hydrogens (primary N) is 1. The van der Waals surface area contributed by atoms with Crippen LogP contribution >= 0.6 is 15.9 Å². The van der Waals surface area contributed by atoms with E-state index < -0.39 is 0 Å². The molecule has 1 unspecified atom stereocenters. The Morgan fingerprint density at radius 2 is 2.10 bits per heavy atom. The highest BCUT2D eigenvalue weighted by molar-refractivity contribution is 9.10. The van der Waals surface area contributed by atoms with Gasteiger partial charge < -0.3 is 5.73 Å². The summed E-state index contributed by atoms with van der Waals surface area (Å²) in [6.45, 7) is 7.96. The second-order valence-electron chi connectivity index (χ2n) is 6.12. The zero-order valence-corrected chi connectivity index (χ0v) is 14.0.